The van der Waals surface area contributed by atoms with Crippen molar-refractivity contribution in [2.45, 2.75) is 45.7 Å². The summed E-state index contributed by atoms with van der Waals surface area (Å²) in [7, 11) is 0. The molecule has 0 aliphatic carbocycles. The molecule has 6 nitrogen and oxygen atoms in total. The molecular formula is C27H38N6. The van der Waals surface area contributed by atoms with Gasteiger partial charge in [0.25, 0.3) is 0 Å². The van der Waals surface area contributed by atoms with Crippen LogP contribution in [0.25, 0.3) is 5.70 Å². The summed E-state index contributed by atoms with van der Waals surface area (Å²) in [5.41, 5.74) is 5.83. The van der Waals surface area contributed by atoms with Crippen molar-refractivity contribution in [1.82, 2.24) is 25.1 Å². The van der Waals surface area contributed by atoms with Crippen molar-refractivity contribution in [3.63, 3.8) is 0 Å². The Morgan fingerprint density at radius 2 is 1.88 bits per heavy atom. The number of anilines is 1. The van der Waals surface area contributed by atoms with Crippen LogP contribution in [-0.4, -0.2) is 58.5 Å². The maximum atomic E-state index is 4.44. The van der Waals surface area contributed by atoms with Crippen LogP contribution in [0.15, 0.2) is 55.5 Å². The summed E-state index contributed by atoms with van der Waals surface area (Å²) in [5, 5.41) is 7.08. The predicted octanol–water partition coefficient (Wildman–Crippen LogP) is 4.14. The van der Waals surface area contributed by atoms with Crippen molar-refractivity contribution in [3.05, 3.63) is 72.3 Å². The normalized spacial score (nSPS) is 17.8. The number of fused-ring (bicyclic) bond motifs is 1. The lowest BCUT2D eigenvalue weighted by atomic mass is 9.99. The van der Waals surface area contributed by atoms with E-state index < -0.39 is 0 Å². The molecule has 0 amide bonds. The lowest BCUT2D eigenvalue weighted by Gasteiger charge is -2.34. The zero-order valence-electron chi connectivity index (χ0n) is 20.2. The highest BCUT2D eigenvalue weighted by Gasteiger charge is 2.20. The van der Waals surface area contributed by atoms with Gasteiger partial charge in [-0.3, -0.25) is 4.90 Å². The van der Waals surface area contributed by atoms with E-state index in [1.165, 1.54) is 11.1 Å². The van der Waals surface area contributed by atoms with Crippen LogP contribution >= 0.6 is 0 Å². The van der Waals surface area contributed by atoms with E-state index in [0.717, 1.165) is 81.4 Å². The average molecular weight is 447 g/mol. The van der Waals surface area contributed by atoms with Gasteiger partial charge in [0.2, 0.25) is 0 Å². The number of nitrogens with one attached hydrogen (secondary N) is 2. The summed E-state index contributed by atoms with van der Waals surface area (Å²) < 4.78 is 0. The number of nitrogens with zero attached hydrogens (tertiary/aromatic N) is 4. The summed E-state index contributed by atoms with van der Waals surface area (Å²) in [4.78, 5) is 13.8. The zero-order chi connectivity index (χ0) is 23.2. The van der Waals surface area contributed by atoms with Gasteiger partial charge in [-0.25, -0.2) is 9.97 Å². The second-order valence-corrected chi connectivity index (χ2v) is 9.65. The lowest BCUT2D eigenvalue weighted by molar-refractivity contribution is 0.220. The van der Waals surface area contributed by atoms with Gasteiger partial charge in [-0.1, -0.05) is 44.3 Å². The molecule has 1 aromatic carbocycles. The topological polar surface area (TPSA) is 56.3 Å². The van der Waals surface area contributed by atoms with Gasteiger partial charge in [0.1, 0.15) is 12.1 Å². The van der Waals surface area contributed by atoms with Gasteiger partial charge in [-0.2, -0.15) is 0 Å². The third-order valence-corrected chi connectivity index (χ3v) is 6.81. The molecule has 0 bridgehead atoms. The fraction of sp³-hybridized carbons (Fsp3) is 0.481. The van der Waals surface area contributed by atoms with Crippen molar-refractivity contribution in [2.75, 3.05) is 38.0 Å². The van der Waals surface area contributed by atoms with E-state index in [2.05, 4.69) is 81.7 Å². The quantitative estimate of drug-likeness (QED) is 0.604. The first-order valence-corrected chi connectivity index (χ1v) is 12.2. The maximum Gasteiger partial charge on any atom is 0.130 e. The van der Waals surface area contributed by atoms with Crippen LogP contribution < -0.4 is 10.6 Å². The van der Waals surface area contributed by atoms with Crippen LogP contribution in [-0.2, 0) is 13.0 Å². The molecule has 2 N–H and O–H groups in total. The summed E-state index contributed by atoms with van der Waals surface area (Å²) in [6.07, 6.45) is 4.95. The minimum atomic E-state index is 0.430. The number of piperidine rings is 1. The van der Waals surface area contributed by atoms with Gasteiger partial charge >= 0.3 is 0 Å². The van der Waals surface area contributed by atoms with Crippen LogP contribution in [0, 0.1) is 5.92 Å². The predicted molar refractivity (Wildman–Crippen MR) is 137 cm³/mol. The number of hydrogen-bond donors (Lipinski definition) is 2. The van der Waals surface area contributed by atoms with Gasteiger partial charge in [-0.05, 0) is 43.2 Å². The monoisotopic (exact) mass is 446 g/mol. The minimum Gasteiger partial charge on any atom is -0.383 e. The Balaban J connectivity index is 1.23. The first-order chi connectivity index (χ1) is 16.0. The average Bonchev–Trinajstić information content (AvgIpc) is 2.83. The standard InChI is InChI=1S/C27H38N6/c1-20(2)33-13-10-25(11-14-33)31-27-15-26(29-19-30-27)22(4)28-16-21(3)17-32-12-9-23-7-5-6-8-24(23)18-32/h5-8,15,19,21,25,28H,1,4,9-14,16-18H2,2-3H3,(H,29,30,31). The highest BCUT2D eigenvalue weighted by molar-refractivity contribution is 5.60. The Hall–Kier alpha value is -2.86. The second kappa shape index (κ2) is 10.8. The number of benzene rings is 1. The van der Waals surface area contributed by atoms with Gasteiger partial charge in [-0.15, -0.1) is 0 Å². The number of aromatic nitrogens is 2. The van der Waals surface area contributed by atoms with Gasteiger partial charge in [0.05, 0.1) is 11.4 Å². The van der Waals surface area contributed by atoms with Crippen LogP contribution in [0.5, 0.6) is 0 Å². The Bertz CT molecular complexity index is 963. The van der Waals surface area contributed by atoms with Crippen molar-refractivity contribution >= 4 is 11.5 Å². The second-order valence-electron chi connectivity index (χ2n) is 9.65. The molecule has 0 radical (unpaired) electrons. The maximum absolute atomic E-state index is 4.44. The van der Waals surface area contributed by atoms with Crippen molar-refractivity contribution in [3.8, 4) is 0 Å². The Morgan fingerprint density at radius 3 is 2.64 bits per heavy atom. The number of allylic oxidation sites excluding steroid dienone is 1. The zero-order valence-corrected chi connectivity index (χ0v) is 20.2. The summed E-state index contributed by atoms with van der Waals surface area (Å²) >= 11 is 0. The Kier molecular flexibility index (Phi) is 7.65. The molecule has 4 rings (SSSR count). The van der Waals surface area contributed by atoms with Crippen LogP contribution in [0.2, 0.25) is 0 Å². The molecular weight excluding hydrogens is 408 g/mol. The van der Waals surface area contributed by atoms with Crippen LogP contribution in [0.3, 0.4) is 0 Å². The first kappa shape index (κ1) is 23.3. The molecule has 3 heterocycles. The molecule has 1 unspecified atom stereocenters. The summed E-state index contributed by atoms with van der Waals surface area (Å²) in [6.45, 7) is 18.9. The fourth-order valence-corrected chi connectivity index (χ4v) is 4.82. The molecule has 0 spiro atoms. The highest BCUT2D eigenvalue weighted by Crippen LogP contribution is 2.20. The Labute approximate surface area is 198 Å². The largest absolute Gasteiger partial charge is 0.383 e. The van der Waals surface area contributed by atoms with E-state index in [4.69, 9.17) is 0 Å². The van der Waals surface area contributed by atoms with Gasteiger partial charge < -0.3 is 15.5 Å². The lowest BCUT2D eigenvalue weighted by Crippen LogP contribution is -2.38. The molecule has 1 fully saturated rings. The molecule has 2 aliphatic heterocycles. The van der Waals surface area contributed by atoms with E-state index in [0.29, 0.717) is 12.0 Å². The first-order valence-electron chi connectivity index (χ1n) is 12.2. The third kappa shape index (κ3) is 6.35. The highest BCUT2D eigenvalue weighted by atomic mass is 15.2. The molecule has 1 aromatic heterocycles. The number of hydrogen-bond acceptors (Lipinski definition) is 6. The summed E-state index contributed by atoms with van der Waals surface area (Å²) in [5.74, 6) is 1.39. The van der Waals surface area contributed by atoms with E-state index in [1.807, 2.05) is 6.07 Å². The molecule has 33 heavy (non-hydrogen) atoms. The van der Waals surface area contributed by atoms with E-state index >= 15 is 0 Å². The van der Waals surface area contributed by atoms with Crippen LogP contribution in [0.1, 0.15) is 43.5 Å². The number of likely N-dealkylation sites (tertiary alicyclic amines) is 1. The van der Waals surface area contributed by atoms with Crippen molar-refractivity contribution in [2.24, 2.45) is 5.92 Å². The Morgan fingerprint density at radius 1 is 1.12 bits per heavy atom. The number of rotatable bonds is 9. The van der Waals surface area contributed by atoms with Gasteiger partial charge in [0, 0.05) is 57.1 Å². The minimum absolute atomic E-state index is 0.430. The molecule has 2 aromatic rings. The van der Waals surface area contributed by atoms with E-state index in [9.17, 15) is 0 Å². The van der Waals surface area contributed by atoms with E-state index in [-0.39, 0.29) is 0 Å². The molecule has 1 atom stereocenters. The molecule has 176 valence electrons. The van der Waals surface area contributed by atoms with Gasteiger partial charge in [0.15, 0.2) is 0 Å². The van der Waals surface area contributed by atoms with E-state index in [1.54, 1.807) is 6.33 Å². The molecule has 6 heteroatoms. The summed E-state index contributed by atoms with van der Waals surface area (Å²) in [6, 6.07) is 11.3. The molecule has 1 saturated heterocycles. The SMILES string of the molecule is C=C(NCC(C)CN1CCc2ccccc2C1)c1cc(NC2CCN(C(=C)C)CC2)ncn1. The fourth-order valence-electron chi connectivity index (χ4n) is 4.82. The van der Waals surface area contributed by atoms with Crippen molar-refractivity contribution < 1.29 is 0 Å². The smallest absolute Gasteiger partial charge is 0.130 e. The van der Waals surface area contributed by atoms with Crippen LogP contribution in [0.4, 0.5) is 5.82 Å². The molecule has 0 saturated carbocycles. The van der Waals surface area contributed by atoms with Crippen molar-refractivity contribution in [1.29, 1.82) is 0 Å². The molecule has 2 aliphatic rings. The third-order valence-electron chi connectivity index (χ3n) is 6.81.